The zero-order valence-corrected chi connectivity index (χ0v) is 5.03. The molecule has 9 heavy (non-hydrogen) atoms. The number of H-pyrrole nitrogens is 2. The second-order valence-electron chi connectivity index (χ2n) is 1.42. The molecule has 2 N–H and O–H groups in total. The average Bonchev–Trinajstić information content (AvgIpc) is 1.83. The van der Waals surface area contributed by atoms with Gasteiger partial charge >= 0.3 is 5.56 Å². The van der Waals surface area contributed by atoms with Crippen molar-refractivity contribution in [3.63, 3.8) is 0 Å². The van der Waals surface area contributed by atoms with E-state index in [4.69, 9.17) is 11.6 Å². The van der Waals surface area contributed by atoms with Crippen LogP contribution < -0.4 is 11.0 Å². The zero-order valence-electron chi connectivity index (χ0n) is 4.27. The summed E-state index contributed by atoms with van der Waals surface area (Å²) in [6, 6.07) is 0. The molecular weight excluding hydrogens is 144 g/mol. The van der Waals surface area contributed by atoms with E-state index in [0.29, 0.717) is 0 Å². The van der Waals surface area contributed by atoms with Crippen LogP contribution in [0, 0.1) is 0 Å². The Balaban J connectivity index is 3.63. The lowest BCUT2D eigenvalue weighted by atomic mass is 10.6. The van der Waals surface area contributed by atoms with Gasteiger partial charge < -0.3 is 5.10 Å². The molecule has 1 heterocycles. The summed E-state index contributed by atoms with van der Waals surface area (Å²) in [5.74, 6) is 0. The Bertz CT molecular complexity index is 313. The van der Waals surface area contributed by atoms with Crippen LogP contribution in [0.1, 0.15) is 0 Å². The maximum Gasteiger partial charge on any atom is 0.311 e. The van der Waals surface area contributed by atoms with Crippen LogP contribution in [0.25, 0.3) is 0 Å². The van der Waals surface area contributed by atoms with E-state index >= 15 is 0 Å². The highest BCUT2D eigenvalue weighted by Crippen LogP contribution is 1.90. The van der Waals surface area contributed by atoms with Crippen LogP contribution in [0.5, 0.6) is 0 Å². The van der Waals surface area contributed by atoms with Crippen LogP contribution in [0.15, 0.2) is 15.8 Å². The fourth-order valence-corrected chi connectivity index (χ4v) is 0.536. The molecule has 0 aromatic carbocycles. The standard InChI is InChI=1S/C4H3ClN2O2/c5-2-1-6-7-4(9)3(2)8/h1H,(H,6,8)(H,7,9). The van der Waals surface area contributed by atoms with Crippen molar-refractivity contribution < 1.29 is 0 Å². The molecule has 1 rings (SSSR count). The van der Waals surface area contributed by atoms with E-state index < -0.39 is 11.0 Å². The molecule has 1 aromatic rings. The van der Waals surface area contributed by atoms with Crippen molar-refractivity contribution in [1.82, 2.24) is 10.2 Å². The predicted molar refractivity (Wildman–Crippen MR) is 32.7 cm³/mol. The van der Waals surface area contributed by atoms with Crippen molar-refractivity contribution in [3.8, 4) is 0 Å². The molecule has 5 heteroatoms. The minimum atomic E-state index is -0.734. The maximum absolute atomic E-state index is 10.5. The molecule has 4 nitrogen and oxygen atoms in total. The van der Waals surface area contributed by atoms with Gasteiger partial charge in [-0.1, -0.05) is 11.6 Å². The molecule has 0 saturated heterocycles. The van der Waals surface area contributed by atoms with Gasteiger partial charge in [0, 0.05) is 6.20 Å². The first-order chi connectivity index (χ1) is 4.22. The van der Waals surface area contributed by atoms with E-state index in [0.717, 1.165) is 0 Å². The molecule has 0 aliphatic carbocycles. The van der Waals surface area contributed by atoms with Gasteiger partial charge in [0.05, 0.1) is 0 Å². The first kappa shape index (κ1) is 6.10. The minimum Gasteiger partial charge on any atom is -0.304 e. The second kappa shape index (κ2) is 2.06. The molecule has 0 spiro atoms. The van der Waals surface area contributed by atoms with Crippen molar-refractivity contribution in [2.75, 3.05) is 0 Å². The summed E-state index contributed by atoms with van der Waals surface area (Å²) >= 11 is 5.25. The lowest BCUT2D eigenvalue weighted by molar-refractivity contribution is 0.972. The summed E-state index contributed by atoms with van der Waals surface area (Å²) in [5.41, 5.74) is -1.45. The van der Waals surface area contributed by atoms with Crippen molar-refractivity contribution in [2.24, 2.45) is 0 Å². The van der Waals surface area contributed by atoms with Gasteiger partial charge in [-0.2, -0.15) is 0 Å². The number of aromatic nitrogens is 2. The molecule has 0 atom stereocenters. The van der Waals surface area contributed by atoms with Crippen LogP contribution in [0.4, 0.5) is 0 Å². The molecule has 1 aromatic heterocycles. The van der Waals surface area contributed by atoms with Gasteiger partial charge in [-0.15, -0.1) is 0 Å². The van der Waals surface area contributed by atoms with Gasteiger partial charge in [0.15, 0.2) is 0 Å². The van der Waals surface area contributed by atoms with Crippen molar-refractivity contribution in [1.29, 1.82) is 0 Å². The van der Waals surface area contributed by atoms with E-state index in [1.54, 1.807) is 0 Å². The van der Waals surface area contributed by atoms with Crippen molar-refractivity contribution >= 4 is 11.6 Å². The SMILES string of the molecule is O=c1[nH][nH]cc(Cl)c1=O. The number of nitrogens with one attached hydrogen (secondary N) is 2. The van der Waals surface area contributed by atoms with Crippen LogP contribution >= 0.6 is 11.6 Å². The highest BCUT2D eigenvalue weighted by atomic mass is 35.5. The van der Waals surface area contributed by atoms with E-state index in [2.05, 4.69) is 10.2 Å². The maximum atomic E-state index is 10.5. The van der Waals surface area contributed by atoms with Gasteiger partial charge in [0.1, 0.15) is 5.02 Å². The summed E-state index contributed by atoms with van der Waals surface area (Å²) in [4.78, 5) is 20.8. The fraction of sp³-hybridized carbons (Fsp3) is 0. The molecular formula is C4H3ClN2O2. The third kappa shape index (κ3) is 1.02. The summed E-state index contributed by atoms with van der Waals surface area (Å²) in [6.07, 6.45) is 1.21. The van der Waals surface area contributed by atoms with Crippen molar-refractivity contribution in [2.45, 2.75) is 0 Å². The third-order valence-electron chi connectivity index (χ3n) is 0.808. The van der Waals surface area contributed by atoms with Gasteiger partial charge in [0.25, 0.3) is 5.43 Å². The Labute approximate surface area is 54.5 Å². The van der Waals surface area contributed by atoms with E-state index in [9.17, 15) is 9.59 Å². The number of rotatable bonds is 0. The summed E-state index contributed by atoms with van der Waals surface area (Å²) in [7, 11) is 0. The molecule has 0 fully saturated rings. The predicted octanol–water partition coefficient (Wildman–Crippen LogP) is -0.283. The van der Waals surface area contributed by atoms with Gasteiger partial charge in [-0.05, 0) is 0 Å². The quantitative estimate of drug-likeness (QED) is 0.495. The molecule has 0 unspecified atom stereocenters. The second-order valence-corrected chi connectivity index (χ2v) is 1.83. The summed E-state index contributed by atoms with van der Waals surface area (Å²) in [5, 5.41) is 4.26. The van der Waals surface area contributed by atoms with E-state index in [-0.39, 0.29) is 5.02 Å². The lowest BCUT2D eigenvalue weighted by Gasteiger charge is -1.82. The van der Waals surface area contributed by atoms with Gasteiger partial charge in [-0.3, -0.25) is 14.7 Å². The number of hydrogen-bond acceptors (Lipinski definition) is 2. The Morgan fingerprint density at radius 2 is 2.11 bits per heavy atom. The van der Waals surface area contributed by atoms with Gasteiger partial charge in [-0.25, -0.2) is 0 Å². The molecule has 0 radical (unpaired) electrons. The topological polar surface area (TPSA) is 65.7 Å². The molecule has 0 saturated carbocycles. The highest BCUT2D eigenvalue weighted by molar-refractivity contribution is 6.30. The third-order valence-corrected chi connectivity index (χ3v) is 1.09. The molecule has 48 valence electrons. The monoisotopic (exact) mass is 146 g/mol. The smallest absolute Gasteiger partial charge is 0.304 e. The van der Waals surface area contributed by atoms with Gasteiger partial charge in [0.2, 0.25) is 0 Å². The highest BCUT2D eigenvalue weighted by Gasteiger charge is 1.95. The van der Waals surface area contributed by atoms with Crippen LogP contribution in [0.2, 0.25) is 5.02 Å². The number of halogens is 1. The Hall–Kier alpha value is -1.03. The van der Waals surface area contributed by atoms with Crippen molar-refractivity contribution in [3.05, 3.63) is 31.8 Å². The minimum absolute atomic E-state index is 0.0984. The lowest BCUT2D eigenvalue weighted by Crippen LogP contribution is -2.27. The molecule has 0 aliphatic heterocycles. The summed E-state index contributed by atoms with van der Waals surface area (Å²) < 4.78 is 0. The average molecular weight is 147 g/mol. The van der Waals surface area contributed by atoms with Crippen LogP contribution in [-0.4, -0.2) is 10.2 Å². The van der Waals surface area contributed by atoms with Crippen LogP contribution in [-0.2, 0) is 0 Å². The Kier molecular flexibility index (Phi) is 1.40. The Morgan fingerprint density at radius 3 is 2.56 bits per heavy atom. The fourth-order valence-electron chi connectivity index (χ4n) is 0.396. The van der Waals surface area contributed by atoms with E-state index in [1.807, 2.05) is 0 Å². The first-order valence-electron chi connectivity index (χ1n) is 2.17. The molecule has 0 bridgehead atoms. The number of hydrogen-bond donors (Lipinski definition) is 2. The first-order valence-corrected chi connectivity index (χ1v) is 2.55. The molecule has 0 amide bonds. The summed E-state index contributed by atoms with van der Waals surface area (Å²) in [6.45, 7) is 0. The largest absolute Gasteiger partial charge is 0.311 e. The zero-order chi connectivity index (χ0) is 6.85. The normalized spacial score (nSPS) is 9.44. The Morgan fingerprint density at radius 1 is 1.44 bits per heavy atom. The van der Waals surface area contributed by atoms with Crippen LogP contribution in [0.3, 0.4) is 0 Å². The molecule has 0 aliphatic rings. The van der Waals surface area contributed by atoms with E-state index in [1.165, 1.54) is 6.20 Å². The number of aromatic amines is 2.